The van der Waals surface area contributed by atoms with E-state index in [1.807, 2.05) is 6.07 Å². The maximum Gasteiger partial charge on any atom is 0.227 e. The summed E-state index contributed by atoms with van der Waals surface area (Å²) in [5, 5.41) is -0.162. The maximum absolute atomic E-state index is 12.1. The summed E-state index contributed by atoms with van der Waals surface area (Å²) in [6.07, 6.45) is 5.16. The van der Waals surface area contributed by atoms with Crippen LogP contribution < -0.4 is 4.74 Å². The average molecular weight is 307 g/mol. The molecule has 1 unspecified atom stereocenters. The van der Waals surface area contributed by atoms with E-state index in [4.69, 9.17) is 16.3 Å². The van der Waals surface area contributed by atoms with Crippen LogP contribution in [-0.2, 0) is 16.6 Å². The fraction of sp³-hybridized carbons (Fsp3) is 0.611. The second-order valence-electron chi connectivity index (χ2n) is 7.08. The minimum absolute atomic E-state index is 0.0275. The number of hydrogen-bond donors (Lipinski definition) is 0. The largest absolute Gasteiger partial charge is 0.497 e. The zero-order chi connectivity index (χ0) is 15.3. The summed E-state index contributed by atoms with van der Waals surface area (Å²) < 4.78 is 5.41. The number of methoxy groups -OCH3 is 1. The Balaban J connectivity index is 2.12. The van der Waals surface area contributed by atoms with E-state index in [1.165, 1.54) is 11.1 Å². The molecule has 0 aromatic heterocycles. The second kappa shape index (κ2) is 5.01. The Hall–Kier alpha value is -1.02. The second-order valence-corrected chi connectivity index (χ2v) is 7.42. The van der Waals surface area contributed by atoms with Gasteiger partial charge in [0.1, 0.15) is 5.75 Å². The molecule has 1 aromatic carbocycles. The zero-order valence-corrected chi connectivity index (χ0v) is 13.8. The third-order valence-corrected chi connectivity index (χ3v) is 6.45. The Labute approximate surface area is 131 Å². The molecule has 0 amide bonds. The Kier molecular flexibility index (Phi) is 3.56. The first-order valence-electron chi connectivity index (χ1n) is 7.79. The standard InChI is InChI=1S/C18H23ClO2/c1-17-9-4-10-18(2,16(19)20)15(17)8-6-12-5-7-13(21-3)11-14(12)17/h5,7,11,15H,4,6,8-10H2,1-3H3/t15-,17?,18+/m1/s1. The highest BCUT2D eigenvalue weighted by molar-refractivity contribution is 6.64. The molecule has 0 spiro atoms. The fourth-order valence-corrected chi connectivity index (χ4v) is 5.03. The lowest BCUT2D eigenvalue weighted by Crippen LogP contribution is -2.51. The van der Waals surface area contributed by atoms with Gasteiger partial charge in [0.05, 0.1) is 7.11 Å². The minimum atomic E-state index is -0.394. The summed E-state index contributed by atoms with van der Waals surface area (Å²) >= 11 is 6.00. The number of hydrogen-bond acceptors (Lipinski definition) is 2. The van der Waals surface area contributed by atoms with Crippen LogP contribution in [0.2, 0.25) is 0 Å². The van der Waals surface area contributed by atoms with Crippen molar-refractivity contribution in [2.75, 3.05) is 7.11 Å². The van der Waals surface area contributed by atoms with Crippen molar-refractivity contribution in [3.8, 4) is 5.75 Å². The lowest BCUT2D eigenvalue weighted by atomic mass is 9.50. The quantitative estimate of drug-likeness (QED) is 0.754. The van der Waals surface area contributed by atoms with Crippen molar-refractivity contribution < 1.29 is 9.53 Å². The number of rotatable bonds is 2. The molecule has 3 heteroatoms. The number of ether oxygens (including phenoxy) is 1. The molecule has 2 aliphatic carbocycles. The van der Waals surface area contributed by atoms with Crippen LogP contribution in [0, 0.1) is 11.3 Å². The molecule has 0 saturated heterocycles. The summed E-state index contributed by atoms with van der Waals surface area (Å²) in [7, 11) is 1.71. The van der Waals surface area contributed by atoms with E-state index in [9.17, 15) is 4.79 Å². The maximum atomic E-state index is 12.1. The molecule has 114 valence electrons. The first-order valence-corrected chi connectivity index (χ1v) is 8.17. The molecule has 0 heterocycles. The summed E-state index contributed by atoms with van der Waals surface area (Å²) in [4.78, 5) is 12.1. The van der Waals surface area contributed by atoms with Gasteiger partial charge in [0.15, 0.2) is 0 Å². The molecule has 2 aliphatic rings. The van der Waals surface area contributed by atoms with Gasteiger partial charge in [-0.05, 0) is 71.9 Å². The van der Waals surface area contributed by atoms with Crippen molar-refractivity contribution in [1.29, 1.82) is 0 Å². The van der Waals surface area contributed by atoms with Gasteiger partial charge in [0.25, 0.3) is 0 Å². The normalized spacial score (nSPS) is 34.8. The van der Waals surface area contributed by atoms with E-state index < -0.39 is 5.41 Å². The zero-order valence-electron chi connectivity index (χ0n) is 13.0. The molecule has 21 heavy (non-hydrogen) atoms. The topological polar surface area (TPSA) is 26.3 Å². The molecular weight excluding hydrogens is 284 g/mol. The third kappa shape index (κ3) is 2.11. The van der Waals surface area contributed by atoms with Crippen molar-refractivity contribution in [3.63, 3.8) is 0 Å². The molecule has 1 fully saturated rings. The molecule has 0 aliphatic heterocycles. The number of carbonyl (C=O) groups is 1. The van der Waals surface area contributed by atoms with E-state index in [1.54, 1.807) is 7.11 Å². The first kappa shape index (κ1) is 14.9. The predicted molar refractivity (Wildman–Crippen MR) is 85.0 cm³/mol. The van der Waals surface area contributed by atoms with Gasteiger partial charge in [-0.3, -0.25) is 4.79 Å². The van der Waals surface area contributed by atoms with Gasteiger partial charge in [-0.1, -0.05) is 26.3 Å². The summed E-state index contributed by atoms with van der Waals surface area (Å²) in [6.45, 7) is 4.38. The molecule has 0 radical (unpaired) electrons. The first-order chi connectivity index (χ1) is 9.91. The minimum Gasteiger partial charge on any atom is -0.497 e. The highest BCUT2D eigenvalue weighted by Gasteiger charge is 2.54. The molecule has 0 N–H and O–H groups in total. The average Bonchev–Trinajstić information content (AvgIpc) is 2.46. The van der Waals surface area contributed by atoms with Crippen LogP contribution >= 0.6 is 11.6 Å². The van der Waals surface area contributed by atoms with E-state index in [2.05, 4.69) is 26.0 Å². The number of aryl methyl sites for hydroxylation is 1. The van der Waals surface area contributed by atoms with Gasteiger partial charge >= 0.3 is 0 Å². The van der Waals surface area contributed by atoms with Crippen LogP contribution in [0.1, 0.15) is 50.7 Å². The van der Waals surface area contributed by atoms with Crippen molar-refractivity contribution in [1.82, 2.24) is 0 Å². The van der Waals surface area contributed by atoms with Gasteiger partial charge in [-0.2, -0.15) is 0 Å². The molecule has 1 saturated carbocycles. The van der Waals surface area contributed by atoms with Crippen molar-refractivity contribution >= 4 is 16.8 Å². The van der Waals surface area contributed by atoms with Gasteiger partial charge in [-0.15, -0.1) is 0 Å². The van der Waals surface area contributed by atoms with Crippen molar-refractivity contribution in [3.05, 3.63) is 29.3 Å². The monoisotopic (exact) mass is 306 g/mol. The summed E-state index contributed by atoms with van der Waals surface area (Å²) in [5.74, 6) is 1.23. The van der Waals surface area contributed by atoms with E-state index in [0.717, 1.165) is 37.9 Å². The number of fused-ring (bicyclic) bond motifs is 3. The Morgan fingerprint density at radius 2 is 2.10 bits per heavy atom. The smallest absolute Gasteiger partial charge is 0.227 e. The van der Waals surface area contributed by atoms with Crippen LogP contribution in [0.15, 0.2) is 18.2 Å². The Morgan fingerprint density at radius 3 is 2.76 bits per heavy atom. The third-order valence-electron chi connectivity index (χ3n) is 6.01. The van der Waals surface area contributed by atoms with E-state index >= 15 is 0 Å². The fourth-order valence-electron chi connectivity index (χ4n) is 4.80. The molecule has 0 bridgehead atoms. The van der Waals surface area contributed by atoms with Gasteiger partial charge in [-0.25, -0.2) is 0 Å². The van der Waals surface area contributed by atoms with E-state index in [0.29, 0.717) is 5.92 Å². The number of halogens is 1. The molecular formula is C18H23ClO2. The molecule has 2 nitrogen and oxygen atoms in total. The van der Waals surface area contributed by atoms with Gasteiger partial charge in [0.2, 0.25) is 5.24 Å². The van der Waals surface area contributed by atoms with Crippen LogP contribution in [0.4, 0.5) is 0 Å². The molecule has 3 rings (SSSR count). The lowest BCUT2D eigenvalue weighted by molar-refractivity contribution is -0.127. The van der Waals surface area contributed by atoms with Gasteiger partial charge in [0, 0.05) is 5.41 Å². The van der Waals surface area contributed by atoms with Gasteiger partial charge < -0.3 is 4.74 Å². The SMILES string of the molecule is COc1ccc2c(c1)C1(C)CCC[C@](C)(C(=O)Cl)[C@@H]1CC2. The highest BCUT2D eigenvalue weighted by atomic mass is 35.5. The molecule has 3 atom stereocenters. The summed E-state index contributed by atoms with van der Waals surface area (Å²) in [5.41, 5.74) is 2.40. The predicted octanol–water partition coefficient (Wildman–Crippen LogP) is 4.47. The van der Waals surface area contributed by atoms with Crippen molar-refractivity contribution in [2.45, 2.75) is 51.4 Å². The highest BCUT2D eigenvalue weighted by Crippen LogP contribution is 2.58. The van der Waals surface area contributed by atoms with Crippen LogP contribution in [-0.4, -0.2) is 12.4 Å². The number of carbonyl (C=O) groups excluding carboxylic acids is 1. The van der Waals surface area contributed by atoms with Crippen LogP contribution in [0.5, 0.6) is 5.75 Å². The van der Waals surface area contributed by atoms with E-state index in [-0.39, 0.29) is 10.7 Å². The Bertz CT molecular complexity index is 583. The van der Waals surface area contributed by atoms with Crippen LogP contribution in [0.25, 0.3) is 0 Å². The molecule has 1 aromatic rings. The van der Waals surface area contributed by atoms with Crippen LogP contribution in [0.3, 0.4) is 0 Å². The lowest BCUT2D eigenvalue weighted by Gasteiger charge is -2.54. The number of benzene rings is 1. The van der Waals surface area contributed by atoms with Crippen molar-refractivity contribution in [2.24, 2.45) is 11.3 Å². The summed E-state index contributed by atoms with van der Waals surface area (Å²) in [6, 6.07) is 6.40. The Morgan fingerprint density at radius 1 is 1.33 bits per heavy atom.